The molecule has 1 aliphatic rings. The molecule has 0 atom stereocenters. The fraction of sp³-hybridized carbons (Fsp3) is 0.0476. The Balaban J connectivity index is 1.59. The van der Waals surface area contributed by atoms with Gasteiger partial charge in [0.2, 0.25) is 0 Å². The first-order valence-corrected chi connectivity index (χ1v) is 9.47. The molecule has 3 aromatic rings. The molecule has 27 heavy (non-hydrogen) atoms. The quantitative estimate of drug-likeness (QED) is 0.524. The molecule has 1 aromatic heterocycles. The van der Waals surface area contributed by atoms with Crippen molar-refractivity contribution in [3.05, 3.63) is 82.4 Å². The van der Waals surface area contributed by atoms with E-state index in [1.165, 1.54) is 11.8 Å². The summed E-state index contributed by atoms with van der Waals surface area (Å²) in [5, 5.41) is 1.28. The topological polar surface area (TPSA) is 45.8 Å². The fourth-order valence-corrected chi connectivity index (χ4v) is 3.78. The van der Waals surface area contributed by atoms with Gasteiger partial charge < -0.3 is 4.42 Å². The van der Waals surface area contributed by atoms with E-state index in [2.05, 4.69) is 4.99 Å². The number of para-hydroxylation sites is 1. The largest absolute Gasteiger partial charge is 0.457 e. The zero-order chi connectivity index (χ0) is 18.8. The van der Waals surface area contributed by atoms with Gasteiger partial charge in [0, 0.05) is 23.7 Å². The highest BCUT2D eigenvalue weighted by atomic mass is 35.5. The van der Waals surface area contributed by atoms with E-state index in [9.17, 15) is 4.79 Å². The minimum absolute atomic E-state index is 0.101. The number of furan rings is 1. The summed E-state index contributed by atoms with van der Waals surface area (Å²) in [5.74, 6) is 1.21. The molecule has 4 nitrogen and oxygen atoms in total. The Hall–Kier alpha value is -2.76. The highest BCUT2D eigenvalue weighted by molar-refractivity contribution is 8.18. The molecule has 1 saturated heterocycles. The molecule has 2 heterocycles. The maximum Gasteiger partial charge on any atom is 0.266 e. The normalized spacial score (nSPS) is 17.3. The molecule has 4 rings (SSSR count). The maximum absolute atomic E-state index is 12.5. The number of aliphatic imine (C=N–C) groups is 1. The average molecular weight is 395 g/mol. The van der Waals surface area contributed by atoms with E-state index in [0.717, 1.165) is 11.3 Å². The van der Waals surface area contributed by atoms with Gasteiger partial charge in [-0.2, -0.15) is 0 Å². The van der Waals surface area contributed by atoms with Gasteiger partial charge in [-0.3, -0.25) is 9.69 Å². The average Bonchev–Trinajstić information content (AvgIpc) is 3.24. The standard InChI is InChI=1S/C21H15ClN2O2S/c1-24-20(25)19(27-21(24)23-16-8-3-2-4-9-16)13-17-10-11-18(26-17)14-6-5-7-15(22)12-14/h2-13H,1H3/b19-13+,23-21?. The molecular weight excluding hydrogens is 380 g/mol. The summed E-state index contributed by atoms with van der Waals surface area (Å²) in [5.41, 5.74) is 1.70. The summed E-state index contributed by atoms with van der Waals surface area (Å²) in [7, 11) is 1.72. The summed E-state index contributed by atoms with van der Waals surface area (Å²) in [6.07, 6.45) is 1.74. The zero-order valence-corrected chi connectivity index (χ0v) is 16.0. The number of likely N-dealkylation sites (N-methyl/N-ethyl adjacent to an activating group) is 1. The van der Waals surface area contributed by atoms with Gasteiger partial charge in [-0.05, 0) is 48.2 Å². The van der Waals surface area contributed by atoms with Crippen molar-refractivity contribution in [3.63, 3.8) is 0 Å². The number of carbonyl (C=O) groups excluding carboxylic acids is 1. The molecule has 1 aliphatic heterocycles. The number of amides is 1. The van der Waals surface area contributed by atoms with E-state index in [1.807, 2.05) is 66.7 Å². The number of rotatable bonds is 3. The number of nitrogens with zero attached hydrogens (tertiary/aromatic N) is 2. The zero-order valence-electron chi connectivity index (χ0n) is 14.4. The van der Waals surface area contributed by atoms with Crippen molar-refractivity contribution >= 4 is 46.2 Å². The minimum atomic E-state index is -0.101. The summed E-state index contributed by atoms with van der Waals surface area (Å²) in [6, 6.07) is 20.7. The lowest BCUT2D eigenvalue weighted by molar-refractivity contribution is -0.121. The molecule has 0 aliphatic carbocycles. The van der Waals surface area contributed by atoms with Crippen molar-refractivity contribution in [3.8, 4) is 11.3 Å². The van der Waals surface area contributed by atoms with Crippen LogP contribution in [0.1, 0.15) is 5.76 Å². The Kier molecular flexibility index (Phi) is 4.88. The lowest BCUT2D eigenvalue weighted by Gasteiger charge is -2.06. The van der Waals surface area contributed by atoms with Crippen molar-refractivity contribution in [2.24, 2.45) is 4.99 Å². The Morgan fingerprint density at radius 3 is 2.67 bits per heavy atom. The van der Waals surface area contributed by atoms with Crippen LogP contribution < -0.4 is 0 Å². The number of amidine groups is 1. The lowest BCUT2D eigenvalue weighted by atomic mass is 10.2. The molecule has 0 spiro atoms. The predicted octanol–water partition coefficient (Wildman–Crippen LogP) is 5.83. The third-order valence-electron chi connectivity index (χ3n) is 3.99. The van der Waals surface area contributed by atoms with Gasteiger partial charge in [-0.25, -0.2) is 4.99 Å². The van der Waals surface area contributed by atoms with Gasteiger partial charge in [0.05, 0.1) is 10.6 Å². The minimum Gasteiger partial charge on any atom is -0.457 e. The Morgan fingerprint density at radius 1 is 1.07 bits per heavy atom. The summed E-state index contributed by atoms with van der Waals surface area (Å²) >= 11 is 7.37. The van der Waals surface area contributed by atoms with Crippen LogP contribution in [0.3, 0.4) is 0 Å². The first-order chi connectivity index (χ1) is 13.1. The molecule has 6 heteroatoms. The molecule has 0 N–H and O–H groups in total. The third-order valence-corrected chi connectivity index (χ3v) is 5.29. The maximum atomic E-state index is 12.5. The third kappa shape index (κ3) is 3.84. The Morgan fingerprint density at radius 2 is 1.89 bits per heavy atom. The number of carbonyl (C=O) groups is 1. The number of thioether (sulfide) groups is 1. The van der Waals surface area contributed by atoms with Crippen LogP contribution in [0, 0.1) is 0 Å². The smallest absolute Gasteiger partial charge is 0.266 e. The van der Waals surface area contributed by atoms with Gasteiger partial charge in [-0.15, -0.1) is 0 Å². The SMILES string of the molecule is CN1C(=O)/C(=C\c2ccc(-c3cccc(Cl)c3)o2)SC1=Nc1ccccc1. The molecule has 1 amide bonds. The molecule has 2 aromatic carbocycles. The molecule has 0 unspecified atom stereocenters. The van der Waals surface area contributed by atoms with E-state index >= 15 is 0 Å². The van der Waals surface area contributed by atoms with Crippen molar-refractivity contribution in [2.45, 2.75) is 0 Å². The summed E-state index contributed by atoms with van der Waals surface area (Å²) in [6.45, 7) is 0. The number of hydrogen-bond donors (Lipinski definition) is 0. The second kappa shape index (κ2) is 7.47. The van der Waals surface area contributed by atoms with Crippen LogP contribution in [0.15, 0.2) is 81.0 Å². The van der Waals surface area contributed by atoms with Crippen LogP contribution in [0.25, 0.3) is 17.4 Å². The number of hydrogen-bond acceptors (Lipinski definition) is 4. The predicted molar refractivity (Wildman–Crippen MR) is 111 cm³/mol. The van der Waals surface area contributed by atoms with Crippen molar-refractivity contribution in [1.29, 1.82) is 0 Å². The lowest BCUT2D eigenvalue weighted by Crippen LogP contribution is -2.23. The van der Waals surface area contributed by atoms with Crippen molar-refractivity contribution in [1.82, 2.24) is 4.90 Å². The second-order valence-electron chi connectivity index (χ2n) is 5.92. The first kappa shape index (κ1) is 17.6. The van der Waals surface area contributed by atoms with Crippen LogP contribution in [0.4, 0.5) is 5.69 Å². The molecule has 1 fully saturated rings. The number of halogens is 1. The van der Waals surface area contributed by atoms with Crippen molar-refractivity contribution in [2.75, 3.05) is 7.05 Å². The van der Waals surface area contributed by atoms with Gasteiger partial charge in [0.15, 0.2) is 5.17 Å². The summed E-state index contributed by atoms with van der Waals surface area (Å²) < 4.78 is 5.86. The van der Waals surface area contributed by atoms with Crippen LogP contribution >= 0.6 is 23.4 Å². The van der Waals surface area contributed by atoms with E-state index in [1.54, 1.807) is 18.0 Å². The van der Waals surface area contributed by atoms with Crippen LogP contribution in [-0.4, -0.2) is 23.0 Å². The molecule has 134 valence electrons. The van der Waals surface area contributed by atoms with Crippen LogP contribution in [0.2, 0.25) is 5.02 Å². The monoisotopic (exact) mass is 394 g/mol. The molecule has 0 bridgehead atoms. The van der Waals surface area contributed by atoms with Crippen LogP contribution in [-0.2, 0) is 4.79 Å². The van der Waals surface area contributed by atoms with E-state index in [4.69, 9.17) is 16.0 Å². The van der Waals surface area contributed by atoms with E-state index in [0.29, 0.717) is 26.6 Å². The molecule has 0 radical (unpaired) electrons. The molecular formula is C21H15ClN2O2S. The van der Waals surface area contributed by atoms with Crippen molar-refractivity contribution < 1.29 is 9.21 Å². The Bertz CT molecular complexity index is 1060. The highest BCUT2D eigenvalue weighted by Gasteiger charge is 2.30. The summed E-state index contributed by atoms with van der Waals surface area (Å²) in [4.78, 5) is 19.2. The van der Waals surface area contributed by atoms with E-state index < -0.39 is 0 Å². The van der Waals surface area contributed by atoms with Gasteiger partial charge in [0.25, 0.3) is 5.91 Å². The second-order valence-corrected chi connectivity index (χ2v) is 7.36. The van der Waals surface area contributed by atoms with Gasteiger partial charge in [0.1, 0.15) is 11.5 Å². The Labute approximate surface area is 166 Å². The highest BCUT2D eigenvalue weighted by Crippen LogP contribution is 2.34. The van der Waals surface area contributed by atoms with Gasteiger partial charge >= 0.3 is 0 Å². The first-order valence-electron chi connectivity index (χ1n) is 8.27. The number of benzene rings is 2. The molecule has 0 saturated carbocycles. The fourth-order valence-electron chi connectivity index (χ4n) is 2.62. The van der Waals surface area contributed by atoms with Gasteiger partial charge in [-0.1, -0.05) is 41.9 Å². The van der Waals surface area contributed by atoms with Crippen LogP contribution in [0.5, 0.6) is 0 Å². The van der Waals surface area contributed by atoms with E-state index in [-0.39, 0.29) is 5.91 Å².